The van der Waals surface area contributed by atoms with Gasteiger partial charge in [-0.2, -0.15) is 0 Å². The number of methoxy groups -OCH3 is 1. The molecule has 4 bridgehead atoms. The second-order valence-electron chi connectivity index (χ2n) is 8.25. The van der Waals surface area contributed by atoms with Gasteiger partial charge in [0.1, 0.15) is 5.75 Å². The lowest BCUT2D eigenvalue weighted by Crippen LogP contribution is -2.51. The van der Waals surface area contributed by atoms with E-state index in [-0.39, 0.29) is 29.5 Å². The lowest BCUT2D eigenvalue weighted by molar-refractivity contribution is -0.156. The molecule has 4 aliphatic rings. The van der Waals surface area contributed by atoms with Crippen LogP contribution in [-0.4, -0.2) is 31.2 Å². The Bertz CT molecular complexity index is 646. The van der Waals surface area contributed by atoms with Gasteiger partial charge in [0.25, 0.3) is 0 Å². The van der Waals surface area contributed by atoms with E-state index in [9.17, 15) is 9.59 Å². The van der Waals surface area contributed by atoms with Crippen molar-refractivity contribution in [2.75, 3.05) is 19.5 Å². The maximum atomic E-state index is 12.8. The maximum absolute atomic E-state index is 12.8. The topological polar surface area (TPSA) is 52.6 Å². The van der Waals surface area contributed by atoms with Crippen molar-refractivity contribution in [3.05, 3.63) is 24.3 Å². The van der Waals surface area contributed by atoms with Gasteiger partial charge in [0.15, 0.2) is 12.4 Å². The van der Waals surface area contributed by atoms with Crippen molar-refractivity contribution in [1.82, 2.24) is 0 Å². The SMILES string of the molecule is COc1ccc(SCC(=O)OCC(=O)C23CC4CC(CC(C4)C2)C3)cc1. The Labute approximate surface area is 159 Å². The first-order valence-corrected chi connectivity index (χ1v) is 10.5. The normalized spacial score (nSPS) is 31.7. The average Bonchev–Trinajstić information content (AvgIpc) is 2.63. The summed E-state index contributed by atoms with van der Waals surface area (Å²) in [5, 5.41) is 0. The molecule has 0 spiro atoms. The molecule has 0 heterocycles. The number of rotatable bonds is 7. The predicted molar refractivity (Wildman–Crippen MR) is 100 cm³/mol. The van der Waals surface area contributed by atoms with Crippen LogP contribution in [0.5, 0.6) is 5.75 Å². The van der Waals surface area contributed by atoms with Crippen molar-refractivity contribution in [2.24, 2.45) is 23.2 Å². The molecule has 1 aromatic carbocycles. The van der Waals surface area contributed by atoms with Crippen molar-refractivity contribution < 1.29 is 19.1 Å². The van der Waals surface area contributed by atoms with E-state index in [1.165, 1.54) is 31.0 Å². The van der Waals surface area contributed by atoms with E-state index in [1.807, 2.05) is 24.3 Å². The van der Waals surface area contributed by atoms with Crippen LogP contribution in [0.1, 0.15) is 38.5 Å². The third-order valence-corrected chi connectivity index (χ3v) is 7.40. The average molecular weight is 375 g/mol. The number of ether oxygens (including phenoxy) is 2. The second-order valence-corrected chi connectivity index (χ2v) is 9.29. The molecule has 0 radical (unpaired) electrons. The van der Waals surface area contributed by atoms with Gasteiger partial charge in [-0.25, -0.2) is 0 Å². The van der Waals surface area contributed by atoms with E-state index in [0.717, 1.165) is 47.7 Å². The van der Waals surface area contributed by atoms with Crippen molar-refractivity contribution in [2.45, 2.75) is 43.4 Å². The smallest absolute Gasteiger partial charge is 0.316 e. The Hall–Kier alpha value is -1.49. The summed E-state index contributed by atoms with van der Waals surface area (Å²) in [5.74, 6) is 3.05. The molecule has 4 fully saturated rings. The van der Waals surface area contributed by atoms with Crippen LogP contribution >= 0.6 is 11.8 Å². The largest absolute Gasteiger partial charge is 0.497 e. The Morgan fingerprint density at radius 2 is 1.62 bits per heavy atom. The molecular weight excluding hydrogens is 348 g/mol. The van der Waals surface area contributed by atoms with Gasteiger partial charge in [0.2, 0.25) is 0 Å². The zero-order chi connectivity index (χ0) is 18.1. The highest BCUT2D eigenvalue weighted by molar-refractivity contribution is 8.00. The summed E-state index contributed by atoms with van der Waals surface area (Å²) in [6.07, 6.45) is 7.00. The lowest BCUT2D eigenvalue weighted by Gasteiger charge is -2.55. The highest BCUT2D eigenvalue weighted by Gasteiger charge is 2.54. The quantitative estimate of drug-likeness (QED) is 0.531. The van der Waals surface area contributed by atoms with E-state index < -0.39 is 0 Å². The molecule has 0 atom stereocenters. The molecule has 140 valence electrons. The van der Waals surface area contributed by atoms with Crippen molar-refractivity contribution in [1.29, 1.82) is 0 Å². The third-order valence-electron chi connectivity index (χ3n) is 6.41. The molecule has 26 heavy (non-hydrogen) atoms. The van der Waals surface area contributed by atoms with Gasteiger partial charge in [-0.05, 0) is 80.5 Å². The Balaban J connectivity index is 1.26. The van der Waals surface area contributed by atoms with Crippen LogP contribution in [0.3, 0.4) is 0 Å². The first kappa shape index (κ1) is 17.9. The summed E-state index contributed by atoms with van der Waals surface area (Å²) in [6, 6.07) is 7.56. The number of Topliss-reactive ketones (excluding diaryl/α,β-unsaturated/α-hetero) is 1. The molecule has 0 amide bonds. The molecular formula is C21H26O4S. The summed E-state index contributed by atoms with van der Waals surface area (Å²) < 4.78 is 10.4. The minimum atomic E-state index is -0.316. The predicted octanol–water partition coefficient (Wildman–Crippen LogP) is 4.12. The number of carbonyl (C=O) groups is 2. The summed E-state index contributed by atoms with van der Waals surface area (Å²) in [7, 11) is 1.63. The van der Waals surface area contributed by atoms with Gasteiger partial charge in [0.05, 0.1) is 12.9 Å². The van der Waals surface area contributed by atoms with Crippen LogP contribution < -0.4 is 4.74 Å². The van der Waals surface area contributed by atoms with E-state index in [4.69, 9.17) is 9.47 Å². The lowest BCUT2D eigenvalue weighted by atomic mass is 9.48. The minimum Gasteiger partial charge on any atom is -0.497 e. The fourth-order valence-electron chi connectivity index (χ4n) is 5.61. The van der Waals surface area contributed by atoms with Crippen molar-refractivity contribution in [3.63, 3.8) is 0 Å². The first-order valence-electron chi connectivity index (χ1n) is 9.52. The highest BCUT2D eigenvalue weighted by atomic mass is 32.2. The standard InChI is InChI=1S/C21H26O4S/c1-24-17-2-4-18(5-3-17)26-13-20(23)25-12-19(22)21-9-14-6-15(10-21)8-16(7-14)11-21/h2-5,14-16H,6-13H2,1H3. The Morgan fingerprint density at radius 3 is 2.15 bits per heavy atom. The van der Waals surface area contributed by atoms with Crippen LogP contribution in [-0.2, 0) is 14.3 Å². The van der Waals surface area contributed by atoms with Crippen LogP contribution in [0.4, 0.5) is 0 Å². The zero-order valence-electron chi connectivity index (χ0n) is 15.2. The third kappa shape index (κ3) is 3.64. The van der Waals surface area contributed by atoms with Crippen LogP contribution in [0.25, 0.3) is 0 Å². The molecule has 5 rings (SSSR count). The van der Waals surface area contributed by atoms with E-state index in [0.29, 0.717) is 0 Å². The van der Waals surface area contributed by atoms with Crippen molar-refractivity contribution in [3.8, 4) is 5.75 Å². The molecule has 4 saturated carbocycles. The summed E-state index contributed by atoms with van der Waals surface area (Å²) >= 11 is 1.42. The first-order chi connectivity index (χ1) is 12.6. The molecule has 0 aliphatic heterocycles. The number of carbonyl (C=O) groups excluding carboxylic acids is 2. The summed E-state index contributed by atoms with van der Waals surface area (Å²) in [5.41, 5.74) is -0.182. The number of thioether (sulfide) groups is 1. The van der Waals surface area contributed by atoms with Gasteiger partial charge >= 0.3 is 5.97 Å². The van der Waals surface area contributed by atoms with Crippen LogP contribution in [0.15, 0.2) is 29.2 Å². The van der Waals surface area contributed by atoms with E-state index >= 15 is 0 Å². The number of esters is 1. The number of benzene rings is 1. The molecule has 0 N–H and O–H groups in total. The molecule has 0 saturated heterocycles. The maximum Gasteiger partial charge on any atom is 0.316 e. The van der Waals surface area contributed by atoms with Gasteiger partial charge in [-0.3, -0.25) is 9.59 Å². The summed E-state index contributed by atoms with van der Waals surface area (Å²) in [6.45, 7) is -0.0475. The van der Waals surface area contributed by atoms with Gasteiger partial charge in [-0.1, -0.05) is 0 Å². The van der Waals surface area contributed by atoms with E-state index in [2.05, 4.69) is 0 Å². The number of hydrogen-bond acceptors (Lipinski definition) is 5. The van der Waals surface area contributed by atoms with E-state index in [1.54, 1.807) is 7.11 Å². The van der Waals surface area contributed by atoms with Crippen LogP contribution in [0, 0.1) is 23.2 Å². The second kappa shape index (κ2) is 7.26. The Morgan fingerprint density at radius 1 is 1.04 bits per heavy atom. The fourth-order valence-corrected chi connectivity index (χ4v) is 6.30. The molecule has 4 aliphatic carbocycles. The molecule has 1 aromatic rings. The van der Waals surface area contributed by atoms with Crippen molar-refractivity contribution >= 4 is 23.5 Å². The van der Waals surface area contributed by atoms with Gasteiger partial charge < -0.3 is 9.47 Å². The molecule has 5 heteroatoms. The summed E-state index contributed by atoms with van der Waals surface area (Å²) in [4.78, 5) is 25.9. The number of hydrogen-bond donors (Lipinski definition) is 0. The molecule has 4 nitrogen and oxygen atoms in total. The Kier molecular flexibility index (Phi) is 5.00. The van der Waals surface area contributed by atoms with Crippen LogP contribution in [0.2, 0.25) is 0 Å². The fraction of sp³-hybridized carbons (Fsp3) is 0.619. The minimum absolute atomic E-state index is 0.0475. The zero-order valence-corrected chi connectivity index (χ0v) is 16.1. The number of ketones is 1. The molecule has 0 aromatic heterocycles. The molecule has 0 unspecified atom stereocenters. The monoisotopic (exact) mass is 374 g/mol. The van der Waals surface area contributed by atoms with Gasteiger partial charge in [-0.15, -0.1) is 11.8 Å². The highest BCUT2D eigenvalue weighted by Crippen LogP contribution is 2.60. The van der Waals surface area contributed by atoms with Gasteiger partial charge in [0, 0.05) is 10.3 Å².